The molecule has 0 unspecified atom stereocenters. The topological polar surface area (TPSA) is 122 Å². The van der Waals surface area contributed by atoms with Crippen molar-refractivity contribution in [1.82, 2.24) is 29.4 Å². The van der Waals surface area contributed by atoms with Gasteiger partial charge in [0.25, 0.3) is 5.91 Å². The van der Waals surface area contributed by atoms with Gasteiger partial charge in [0.2, 0.25) is 10.0 Å². The van der Waals surface area contributed by atoms with Crippen molar-refractivity contribution < 1.29 is 13.2 Å². The Morgan fingerprint density at radius 3 is 2.57 bits per heavy atom. The summed E-state index contributed by atoms with van der Waals surface area (Å²) in [6.07, 6.45) is 3.20. The van der Waals surface area contributed by atoms with E-state index in [-0.39, 0.29) is 10.8 Å². The van der Waals surface area contributed by atoms with Crippen LogP contribution in [0.4, 0.5) is 5.82 Å². The molecule has 0 atom stereocenters. The van der Waals surface area contributed by atoms with Gasteiger partial charge in [-0.25, -0.2) is 23.1 Å². The van der Waals surface area contributed by atoms with Crippen molar-refractivity contribution >= 4 is 44.1 Å². The smallest absolute Gasteiger partial charge is 0.251 e. The number of thiophene rings is 1. The van der Waals surface area contributed by atoms with Crippen molar-refractivity contribution in [2.45, 2.75) is 31.8 Å². The van der Waals surface area contributed by atoms with E-state index < -0.39 is 10.0 Å². The van der Waals surface area contributed by atoms with Crippen LogP contribution in [0.2, 0.25) is 0 Å². The minimum atomic E-state index is -3.56. The van der Waals surface area contributed by atoms with E-state index in [0.29, 0.717) is 49.8 Å². The van der Waals surface area contributed by atoms with Gasteiger partial charge >= 0.3 is 0 Å². The SMILES string of the molecule is CCN(CC)S(=O)(=O)c1ccc(C(=O)NCCn2ncc3c(NCc4cccs4)ncnc32)cc1. The number of nitrogens with zero attached hydrogens (tertiary/aromatic N) is 5. The quantitative estimate of drug-likeness (QED) is 0.316. The Hall–Kier alpha value is -3.35. The summed E-state index contributed by atoms with van der Waals surface area (Å²) in [5, 5.41) is 13.4. The third-order valence-electron chi connectivity index (χ3n) is 5.51. The third-order valence-corrected chi connectivity index (χ3v) is 8.45. The van der Waals surface area contributed by atoms with E-state index >= 15 is 0 Å². The van der Waals surface area contributed by atoms with Gasteiger partial charge in [0.1, 0.15) is 12.1 Å². The summed E-state index contributed by atoms with van der Waals surface area (Å²) in [5.74, 6) is 0.416. The highest BCUT2D eigenvalue weighted by Gasteiger charge is 2.21. The summed E-state index contributed by atoms with van der Waals surface area (Å²) in [6, 6.07) is 10.0. The zero-order valence-electron chi connectivity index (χ0n) is 19.5. The molecule has 3 aromatic heterocycles. The number of carbonyl (C=O) groups excluding carboxylic acids is 1. The molecule has 35 heavy (non-hydrogen) atoms. The van der Waals surface area contributed by atoms with Crippen LogP contribution in [0.15, 0.2) is 59.2 Å². The number of rotatable bonds is 11. The Kier molecular flexibility index (Phi) is 7.73. The van der Waals surface area contributed by atoms with Gasteiger partial charge < -0.3 is 10.6 Å². The predicted molar refractivity (Wildman–Crippen MR) is 136 cm³/mol. The van der Waals surface area contributed by atoms with E-state index in [0.717, 1.165) is 5.39 Å². The molecule has 0 saturated heterocycles. The molecule has 1 aromatic carbocycles. The summed E-state index contributed by atoms with van der Waals surface area (Å²) >= 11 is 1.67. The van der Waals surface area contributed by atoms with Crippen LogP contribution in [0.25, 0.3) is 11.0 Å². The van der Waals surface area contributed by atoms with Crippen molar-refractivity contribution in [1.29, 1.82) is 0 Å². The van der Waals surface area contributed by atoms with Crippen LogP contribution in [0.1, 0.15) is 29.1 Å². The third kappa shape index (κ3) is 5.50. The van der Waals surface area contributed by atoms with E-state index in [2.05, 4.69) is 31.8 Å². The molecule has 12 heteroatoms. The average molecular weight is 514 g/mol. The van der Waals surface area contributed by atoms with Crippen LogP contribution in [0, 0.1) is 0 Å². The number of fused-ring (bicyclic) bond motifs is 1. The Morgan fingerprint density at radius 2 is 1.89 bits per heavy atom. The van der Waals surface area contributed by atoms with Crippen molar-refractivity contribution in [2.24, 2.45) is 0 Å². The highest BCUT2D eigenvalue weighted by atomic mass is 32.2. The summed E-state index contributed by atoms with van der Waals surface area (Å²) in [4.78, 5) is 22.6. The number of sulfonamides is 1. The van der Waals surface area contributed by atoms with Crippen molar-refractivity contribution in [3.63, 3.8) is 0 Å². The summed E-state index contributed by atoms with van der Waals surface area (Å²) in [6.45, 7) is 5.78. The zero-order chi connectivity index (χ0) is 24.8. The van der Waals surface area contributed by atoms with Crippen LogP contribution in [0.5, 0.6) is 0 Å². The molecular weight excluding hydrogens is 486 g/mol. The Bertz CT molecular complexity index is 1380. The highest BCUT2D eigenvalue weighted by Crippen LogP contribution is 2.20. The van der Waals surface area contributed by atoms with Crippen LogP contribution in [0.3, 0.4) is 0 Å². The molecule has 4 aromatic rings. The first-order valence-corrected chi connectivity index (χ1v) is 13.6. The lowest BCUT2D eigenvalue weighted by Crippen LogP contribution is -2.31. The van der Waals surface area contributed by atoms with Crippen molar-refractivity contribution in [3.05, 3.63) is 64.7 Å². The number of hydrogen-bond acceptors (Lipinski definition) is 8. The van der Waals surface area contributed by atoms with Gasteiger partial charge in [-0.3, -0.25) is 4.79 Å². The highest BCUT2D eigenvalue weighted by molar-refractivity contribution is 7.89. The Labute approximate surface area is 208 Å². The van der Waals surface area contributed by atoms with E-state index in [1.807, 2.05) is 11.4 Å². The maximum absolute atomic E-state index is 12.6. The molecule has 3 heterocycles. The molecule has 1 amide bonds. The molecule has 184 valence electrons. The zero-order valence-corrected chi connectivity index (χ0v) is 21.1. The molecule has 0 fully saturated rings. The first-order valence-electron chi connectivity index (χ1n) is 11.2. The van der Waals surface area contributed by atoms with E-state index in [1.54, 1.807) is 36.1 Å². The fraction of sp³-hybridized carbons (Fsp3) is 0.304. The van der Waals surface area contributed by atoms with E-state index in [1.165, 1.54) is 39.8 Å². The largest absolute Gasteiger partial charge is 0.364 e. The fourth-order valence-corrected chi connectivity index (χ4v) is 5.75. The maximum atomic E-state index is 12.6. The van der Waals surface area contributed by atoms with Crippen LogP contribution in [-0.2, 0) is 23.1 Å². The maximum Gasteiger partial charge on any atom is 0.251 e. The minimum Gasteiger partial charge on any atom is -0.364 e. The number of benzene rings is 1. The first-order chi connectivity index (χ1) is 16.9. The Morgan fingerprint density at radius 1 is 1.11 bits per heavy atom. The molecule has 0 aliphatic rings. The van der Waals surface area contributed by atoms with Gasteiger partial charge in [-0.1, -0.05) is 19.9 Å². The molecule has 0 bridgehead atoms. The van der Waals surface area contributed by atoms with Gasteiger partial charge in [-0.2, -0.15) is 9.40 Å². The van der Waals surface area contributed by atoms with Gasteiger partial charge in [-0.15, -0.1) is 11.3 Å². The number of nitrogens with one attached hydrogen (secondary N) is 2. The fourth-order valence-electron chi connectivity index (χ4n) is 3.65. The van der Waals surface area contributed by atoms with Gasteiger partial charge in [0, 0.05) is 30.1 Å². The molecule has 4 rings (SSSR count). The van der Waals surface area contributed by atoms with Gasteiger partial charge in [-0.05, 0) is 35.7 Å². The van der Waals surface area contributed by atoms with Gasteiger partial charge in [0.05, 0.1) is 29.6 Å². The van der Waals surface area contributed by atoms with Gasteiger partial charge in [0.15, 0.2) is 5.65 Å². The summed E-state index contributed by atoms with van der Waals surface area (Å²) in [5.41, 5.74) is 1.06. The number of amides is 1. The number of carbonyl (C=O) groups is 1. The second-order valence-electron chi connectivity index (χ2n) is 7.63. The monoisotopic (exact) mass is 513 g/mol. The van der Waals surface area contributed by atoms with Crippen LogP contribution < -0.4 is 10.6 Å². The lowest BCUT2D eigenvalue weighted by Gasteiger charge is -2.18. The number of anilines is 1. The normalized spacial score (nSPS) is 11.7. The summed E-state index contributed by atoms with van der Waals surface area (Å²) in [7, 11) is -3.56. The molecule has 0 aliphatic heterocycles. The molecule has 0 spiro atoms. The molecular formula is C23H27N7O3S2. The van der Waals surface area contributed by atoms with E-state index in [4.69, 9.17) is 0 Å². The molecule has 2 N–H and O–H groups in total. The molecule has 0 aliphatic carbocycles. The summed E-state index contributed by atoms with van der Waals surface area (Å²) < 4.78 is 28.3. The standard InChI is InChI=1S/C23H27N7O3S2/c1-3-29(4-2)35(32,33)19-9-7-17(8-10-19)23(31)24-11-12-30-22-20(15-28-30)21(26-16-27-22)25-14-18-6-5-13-34-18/h5-10,13,15-16H,3-4,11-12,14H2,1-2H3,(H,24,31)(H,25,26,27). The van der Waals surface area contributed by atoms with Crippen LogP contribution in [-0.4, -0.2) is 58.0 Å². The second kappa shape index (κ2) is 10.9. The molecule has 0 saturated carbocycles. The first kappa shape index (κ1) is 24.8. The predicted octanol–water partition coefficient (Wildman–Crippen LogP) is 2.96. The van der Waals surface area contributed by atoms with Crippen molar-refractivity contribution in [2.75, 3.05) is 25.0 Å². The van der Waals surface area contributed by atoms with Crippen LogP contribution >= 0.6 is 11.3 Å². The van der Waals surface area contributed by atoms with E-state index in [9.17, 15) is 13.2 Å². The molecule has 10 nitrogen and oxygen atoms in total. The lowest BCUT2D eigenvalue weighted by atomic mass is 10.2. The molecule has 0 radical (unpaired) electrons. The van der Waals surface area contributed by atoms with Crippen molar-refractivity contribution in [3.8, 4) is 0 Å². The second-order valence-corrected chi connectivity index (χ2v) is 10.6. The minimum absolute atomic E-state index is 0.170. The number of aromatic nitrogens is 4. The lowest BCUT2D eigenvalue weighted by molar-refractivity contribution is 0.0952. The number of hydrogen-bond donors (Lipinski definition) is 2. The Balaban J connectivity index is 1.36. The average Bonchev–Trinajstić information content (AvgIpc) is 3.54.